The number of hydrogen-bond donors (Lipinski definition) is 1. The molecule has 0 aromatic carbocycles. The van der Waals surface area contributed by atoms with Crippen LogP contribution in [0.5, 0.6) is 0 Å². The first-order valence-electron chi connectivity index (χ1n) is 9.10. The highest BCUT2D eigenvalue weighted by atomic mass is 32.2. The van der Waals surface area contributed by atoms with Gasteiger partial charge in [-0.15, -0.1) is 0 Å². The highest BCUT2D eigenvalue weighted by molar-refractivity contribution is 7.90. The highest BCUT2D eigenvalue weighted by Gasteiger charge is 2.43. The predicted octanol–water partition coefficient (Wildman–Crippen LogP) is 1.44. The van der Waals surface area contributed by atoms with Crippen LogP contribution in [0.15, 0.2) is 0 Å². The van der Waals surface area contributed by atoms with Crippen LogP contribution in [0.3, 0.4) is 0 Å². The van der Waals surface area contributed by atoms with Gasteiger partial charge in [0.05, 0.1) is 5.75 Å². The molecule has 2 atom stereocenters. The molecule has 5 nitrogen and oxygen atoms in total. The van der Waals surface area contributed by atoms with E-state index in [1.807, 2.05) is 0 Å². The molecule has 3 rings (SSSR count). The fraction of sp³-hybridized carbons (Fsp3) is 0.941. The van der Waals surface area contributed by atoms with Gasteiger partial charge in [0.15, 0.2) is 0 Å². The number of amides is 1. The van der Waals surface area contributed by atoms with Crippen LogP contribution in [0, 0.1) is 17.8 Å². The summed E-state index contributed by atoms with van der Waals surface area (Å²) in [4.78, 5) is 14.6. The van der Waals surface area contributed by atoms with Gasteiger partial charge in [0.2, 0.25) is 5.91 Å². The van der Waals surface area contributed by atoms with E-state index in [1.165, 1.54) is 44.8 Å². The maximum atomic E-state index is 12.3. The minimum absolute atomic E-state index is 0.206. The quantitative estimate of drug-likeness (QED) is 0.760. The van der Waals surface area contributed by atoms with Crippen molar-refractivity contribution < 1.29 is 13.2 Å². The van der Waals surface area contributed by atoms with Crippen molar-refractivity contribution in [1.29, 1.82) is 0 Å². The molecule has 2 aliphatic carbocycles. The first kappa shape index (κ1) is 17.2. The van der Waals surface area contributed by atoms with Crippen molar-refractivity contribution in [1.82, 2.24) is 10.2 Å². The Hall–Kier alpha value is -0.620. The zero-order valence-corrected chi connectivity index (χ0v) is 15.0. The lowest BCUT2D eigenvalue weighted by molar-refractivity contribution is -0.122. The minimum Gasteiger partial charge on any atom is -0.352 e. The summed E-state index contributed by atoms with van der Waals surface area (Å²) < 4.78 is 22.7. The van der Waals surface area contributed by atoms with Crippen molar-refractivity contribution in [3.63, 3.8) is 0 Å². The molecule has 2 saturated carbocycles. The van der Waals surface area contributed by atoms with E-state index in [0.717, 1.165) is 19.0 Å². The smallest absolute Gasteiger partial charge is 0.220 e. The Balaban J connectivity index is 1.50. The number of hydrogen-bond acceptors (Lipinski definition) is 4. The molecule has 0 aromatic rings. The Labute approximate surface area is 140 Å². The van der Waals surface area contributed by atoms with Gasteiger partial charge in [0.1, 0.15) is 9.84 Å². The first-order valence-corrected chi connectivity index (χ1v) is 11.2. The second kappa shape index (κ2) is 7.09. The lowest BCUT2D eigenvalue weighted by Crippen LogP contribution is -2.41. The van der Waals surface area contributed by atoms with Gasteiger partial charge < -0.3 is 5.32 Å². The summed E-state index contributed by atoms with van der Waals surface area (Å²) in [6.45, 7) is 2.35. The van der Waals surface area contributed by atoms with E-state index in [0.29, 0.717) is 24.8 Å². The van der Waals surface area contributed by atoms with E-state index >= 15 is 0 Å². The number of rotatable bonds is 7. The summed E-state index contributed by atoms with van der Waals surface area (Å²) in [5.41, 5.74) is 0. The Kier molecular flexibility index (Phi) is 5.31. The molecule has 0 unspecified atom stereocenters. The fourth-order valence-electron chi connectivity index (χ4n) is 4.29. The lowest BCUT2D eigenvalue weighted by Gasteiger charge is -2.20. The van der Waals surface area contributed by atoms with E-state index in [2.05, 4.69) is 10.2 Å². The van der Waals surface area contributed by atoms with Gasteiger partial charge in [0.25, 0.3) is 0 Å². The molecule has 0 bridgehead atoms. The van der Waals surface area contributed by atoms with Gasteiger partial charge >= 0.3 is 0 Å². The predicted molar refractivity (Wildman–Crippen MR) is 90.9 cm³/mol. The van der Waals surface area contributed by atoms with Gasteiger partial charge in [-0.1, -0.05) is 12.8 Å². The first-order chi connectivity index (χ1) is 10.9. The van der Waals surface area contributed by atoms with Crippen LogP contribution in [0.2, 0.25) is 0 Å². The van der Waals surface area contributed by atoms with Gasteiger partial charge in [-0.25, -0.2) is 8.42 Å². The average molecular weight is 343 g/mol. The lowest BCUT2D eigenvalue weighted by atomic mass is 9.97. The Bertz CT molecular complexity index is 524. The second-order valence-corrected chi connectivity index (χ2v) is 10.2. The number of carbonyl (C=O) groups is 1. The Morgan fingerprint density at radius 2 is 1.83 bits per heavy atom. The SMILES string of the molecule is CS(=O)(=O)CCN1C[C@H](NC(=O)CC2CCCC2)[C@@H](C2CC2)C1. The van der Waals surface area contributed by atoms with Crippen LogP contribution >= 0.6 is 0 Å². The summed E-state index contributed by atoms with van der Waals surface area (Å²) in [6, 6.07) is 0.218. The third-order valence-corrected chi connectivity index (χ3v) is 6.67. The Morgan fingerprint density at radius 3 is 2.43 bits per heavy atom. The van der Waals surface area contributed by atoms with Gasteiger partial charge in [-0.3, -0.25) is 9.69 Å². The molecule has 1 heterocycles. The van der Waals surface area contributed by atoms with Crippen LogP contribution in [0.25, 0.3) is 0 Å². The number of nitrogens with one attached hydrogen (secondary N) is 1. The van der Waals surface area contributed by atoms with Crippen molar-refractivity contribution in [2.45, 2.75) is 51.0 Å². The molecule has 23 heavy (non-hydrogen) atoms. The summed E-state index contributed by atoms with van der Waals surface area (Å²) in [7, 11) is -2.92. The maximum Gasteiger partial charge on any atom is 0.220 e. The average Bonchev–Trinajstić information content (AvgIpc) is 3.03. The Morgan fingerprint density at radius 1 is 1.13 bits per heavy atom. The molecule has 1 saturated heterocycles. The van der Waals surface area contributed by atoms with Gasteiger partial charge in [-0.05, 0) is 43.4 Å². The molecule has 6 heteroatoms. The summed E-state index contributed by atoms with van der Waals surface area (Å²) in [5.74, 6) is 2.25. The standard InChI is InChI=1S/C17H30N2O3S/c1-23(21,22)9-8-19-11-15(14-6-7-14)16(12-19)18-17(20)10-13-4-2-3-5-13/h13-16H,2-12H2,1H3,(H,18,20)/t15-,16+/m1/s1. The molecule has 3 aliphatic rings. The van der Waals surface area contributed by atoms with E-state index in [4.69, 9.17) is 0 Å². The zero-order valence-electron chi connectivity index (χ0n) is 14.2. The molecule has 3 fully saturated rings. The molecule has 1 N–H and O–H groups in total. The number of likely N-dealkylation sites (tertiary alicyclic amines) is 1. The fourth-order valence-corrected chi connectivity index (χ4v) is 4.88. The molecule has 0 radical (unpaired) electrons. The number of nitrogens with zero attached hydrogens (tertiary/aromatic N) is 1. The summed E-state index contributed by atoms with van der Waals surface area (Å²) >= 11 is 0. The van der Waals surface area contributed by atoms with E-state index in [9.17, 15) is 13.2 Å². The third-order valence-electron chi connectivity index (χ3n) is 5.74. The van der Waals surface area contributed by atoms with Gasteiger partial charge in [0, 0.05) is 38.4 Å². The summed E-state index contributed by atoms with van der Waals surface area (Å²) in [6.07, 6.45) is 9.44. The minimum atomic E-state index is -2.92. The maximum absolute atomic E-state index is 12.3. The third kappa shape index (κ3) is 5.18. The van der Waals surface area contributed by atoms with Crippen molar-refractivity contribution in [2.75, 3.05) is 31.6 Å². The largest absolute Gasteiger partial charge is 0.352 e. The normalized spacial score (nSPS) is 30.0. The van der Waals surface area contributed by atoms with Crippen molar-refractivity contribution in [2.24, 2.45) is 17.8 Å². The monoisotopic (exact) mass is 342 g/mol. The van der Waals surface area contributed by atoms with Crippen molar-refractivity contribution >= 4 is 15.7 Å². The van der Waals surface area contributed by atoms with Crippen LogP contribution in [0.4, 0.5) is 0 Å². The molecule has 0 aromatic heterocycles. The van der Waals surface area contributed by atoms with Crippen LogP contribution in [0.1, 0.15) is 44.9 Å². The van der Waals surface area contributed by atoms with E-state index in [1.54, 1.807) is 0 Å². The van der Waals surface area contributed by atoms with E-state index in [-0.39, 0.29) is 17.7 Å². The topological polar surface area (TPSA) is 66.5 Å². The molecule has 132 valence electrons. The zero-order chi connectivity index (χ0) is 16.4. The summed E-state index contributed by atoms with van der Waals surface area (Å²) in [5, 5.41) is 3.27. The van der Waals surface area contributed by atoms with Crippen LogP contribution in [-0.2, 0) is 14.6 Å². The number of sulfone groups is 1. The van der Waals surface area contributed by atoms with Gasteiger partial charge in [-0.2, -0.15) is 0 Å². The molecule has 1 aliphatic heterocycles. The second-order valence-electron chi connectivity index (χ2n) is 7.92. The van der Waals surface area contributed by atoms with Crippen LogP contribution < -0.4 is 5.32 Å². The van der Waals surface area contributed by atoms with Crippen molar-refractivity contribution in [3.8, 4) is 0 Å². The highest BCUT2D eigenvalue weighted by Crippen LogP contribution is 2.41. The molecule has 0 spiro atoms. The molecule has 1 amide bonds. The molecular weight excluding hydrogens is 312 g/mol. The molecular formula is C17H30N2O3S. The van der Waals surface area contributed by atoms with Crippen LogP contribution in [-0.4, -0.2) is 56.9 Å². The van der Waals surface area contributed by atoms with Crippen molar-refractivity contribution in [3.05, 3.63) is 0 Å². The van der Waals surface area contributed by atoms with E-state index < -0.39 is 9.84 Å². The number of carbonyl (C=O) groups excluding carboxylic acids is 1.